The lowest BCUT2D eigenvalue weighted by Crippen LogP contribution is -2.30. The first-order valence-electron chi connectivity index (χ1n) is 8.06. The summed E-state index contributed by atoms with van der Waals surface area (Å²) in [5.74, 6) is -0.594. The van der Waals surface area contributed by atoms with Crippen molar-refractivity contribution in [2.24, 2.45) is 5.10 Å². The number of halogens is 2. The van der Waals surface area contributed by atoms with Gasteiger partial charge in [-0.05, 0) is 35.9 Å². The molecule has 136 valence electrons. The molecule has 0 atom stereocenters. The minimum absolute atomic E-state index is 0.00385. The molecule has 0 aliphatic rings. The molecule has 0 aliphatic carbocycles. The van der Waals surface area contributed by atoms with Crippen LogP contribution in [0.25, 0.3) is 0 Å². The van der Waals surface area contributed by atoms with E-state index in [1.165, 1.54) is 16.8 Å². The molecule has 0 bridgehead atoms. The minimum atomic E-state index is -0.594. The van der Waals surface area contributed by atoms with Crippen LogP contribution in [0.4, 0.5) is 0 Å². The average Bonchev–Trinajstić information content (AvgIpc) is 2.65. The van der Waals surface area contributed by atoms with E-state index in [1.807, 2.05) is 12.1 Å². The minimum Gasteiger partial charge on any atom is -0.310 e. The zero-order valence-electron chi connectivity index (χ0n) is 14.1. The summed E-state index contributed by atoms with van der Waals surface area (Å²) in [6.07, 6.45) is 3.04. The molecule has 1 aromatic heterocycles. The first-order valence-corrected chi connectivity index (χ1v) is 8.82. The van der Waals surface area contributed by atoms with Gasteiger partial charge in [-0.25, -0.2) is 5.43 Å². The summed E-state index contributed by atoms with van der Waals surface area (Å²) in [7, 11) is 0. The lowest BCUT2D eigenvalue weighted by Gasteiger charge is -2.08. The SMILES string of the molecule is O=C(N/N=C\c1ccccc1Cl)c1cccn(Cc2cccc(Cl)c2)c1=O. The lowest BCUT2D eigenvalue weighted by molar-refractivity contribution is 0.0953. The largest absolute Gasteiger partial charge is 0.310 e. The predicted octanol–water partition coefficient (Wildman–Crippen LogP) is 3.97. The fraction of sp³-hybridized carbons (Fsp3) is 0.0500. The highest BCUT2D eigenvalue weighted by molar-refractivity contribution is 6.33. The van der Waals surface area contributed by atoms with Crippen molar-refractivity contribution in [3.63, 3.8) is 0 Å². The van der Waals surface area contributed by atoms with E-state index in [0.717, 1.165) is 5.56 Å². The van der Waals surface area contributed by atoms with Crippen molar-refractivity contribution in [2.75, 3.05) is 0 Å². The van der Waals surface area contributed by atoms with E-state index in [-0.39, 0.29) is 5.56 Å². The molecule has 5 nitrogen and oxygen atoms in total. The van der Waals surface area contributed by atoms with Gasteiger partial charge in [0.15, 0.2) is 0 Å². The number of carbonyl (C=O) groups is 1. The van der Waals surface area contributed by atoms with Gasteiger partial charge < -0.3 is 4.57 Å². The van der Waals surface area contributed by atoms with Crippen LogP contribution in [0.1, 0.15) is 21.5 Å². The number of rotatable bonds is 5. The monoisotopic (exact) mass is 399 g/mol. The quantitative estimate of drug-likeness (QED) is 0.521. The molecule has 0 saturated carbocycles. The molecule has 0 unspecified atom stereocenters. The molecule has 1 heterocycles. The summed E-state index contributed by atoms with van der Waals surface area (Å²) in [5.41, 5.74) is 3.45. The Labute approximate surface area is 165 Å². The average molecular weight is 400 g/mol. The van der Waals surface area contributed by atoms with Crippen LogP contribution in [0.3, 0.4) is 0 Å². The topological polar surface area (TPSA) is 63.5 Å². The molecule has 0 aliphatic heterocycles. The summed E-state index contributed by atoms with van der Waals surface area (Å²) < 4.78 is 1.44. The molecular formula is C20H15Cl2N3O2. The second-order valence-electron chi connectivity index (χ2n) is 5.71. The summed E-state index contributed by atoms with van der Waals surface area (Å²) in [4.78, 5) is 24.9. The van der Waals surface area contributed by atoms with E-state index in [1.54, 1.807) is 48.7 Å². The van der Waals surface area contributed by atoms with Gasteiger partial charge in [0.25, 0.3) is 11.5 Å². The number of carbonyl (C=O) groups excluding carboxylic acids is 1. The van der Waals surface area contributed by atoms with E-state index in [9.17, 15) is 9.59 Å². The molecule has 0 saturated heterocycles. The third-order valence-corrected chi connectivity index (χ3v) is 4.36. The summed E-state index contributed by atoms with van der Waals surface area (Å²) in [5, 5.41) is 4.97. The Morgan fingerprint density at radius 2 is 1.89 bits per heavy atom. The second-order valence-corrected chi connectivity index (χ2v) is 6.55. The number of hydrogen-bond acceptors (Lipinski definition) is 3. The highest BCUT2D eigenvalue weighted by atomic mass is 35.5. The number of hydrazone groups is 1. The van der Waals surface area contributed by atoms with Gasteiger partial charge >= 0.3 is 0 Å². The van der Waals surface area contributed by atoms with E-state index >= 15 is 0 Å². The van der Waals surface area contributed by atoms with Crippen LogP contribution in [0, 0.1) is 0 Å². The molecule has 7 heteroatoms. The summed E-state index contributed by atoms with van der Waals surface area (Å²) in [6, 6.07) is 17.4. The molecule has 3 aromatic rings. The number of hydrogen-bond donors (Lipinski definition) is 1. The number of pyridine rings is 1. The zero-order valence-corrected chi connectivity index (χ0v) is 15.6. The van der Waals surface area contributed by atoms with Gasteiger partial charge in [-0.15, -0.1) is 0 Å². The molecule has 2 aromatic carbocycles. The Hall–Kier alpha value is -2.89. The van der Waals surface area contributed by atoms with Gasteiger partial charge in [0, 0.05) is 21.8 Å². The van der Waals surface area contributed by atoms with Crippen molar-refractivity contribution in [2.45, 2.75) is 6.54 Å². The molecule has 1 N–H and O–H groups in total. The molecule has 27 heavy (non-hydrogen) atoms. The van der Waals surface area contributed by atoms with Crippen molar-refractivity contribution in [1.29, 1.82) is 0 Å². The predicted molar refractivity (Wildman–Crippen MR) is 108 cm³/mol. The van der Waals surface area contributed by atoms with Crippen molar-refractivity contribution in [3.8, 4) is 0 Å². The molecule has 0 fully saturated rings. The number of aromatic nitrogens is 1. The second kappa shape index (κ2) is 8.66. The van der Waals surface area contributed by atoms with Gasteiger partial charge in [0.05, 0.1) is 12.8 Å². The van der Waals surface area contributed by atoms with Crippen LogP contribution in [0.2, 0.25) is 10.0 Å². The number of nitrogens with one attached hydrogen (secondary N) is 1. The van der Waals surface area contributed by atoms with Crippen LogP contribution >= 0.6 is 23.2 Å². The highest BCUT2D eigenvalue weighted by Gasteiger charge is 2.11. The van der Waals surface area contributed by atoms with Crippen molar-refractivity contribution in [3.05, 3.63) is 104 Å². The van der Waals surface area contributed by atoms with Crippen molar-refractivity contribution < 1.29 is 4.79 Å². The Morgan fingerprint density at radius 1 is 1.07 bits per heavy atom. The van der Waals surface area contributed by atoms with Gasteiger partial charge in [-0.1, -0.05) is 53.5 Å². The molecule has 3 rings (SSSR count). The summed E-state index contributed by atoms with van der Waals surface area (Å²) in [6.45, 7) is 0.309. The molecular weight excluding hydrogens is 385 g/mol. The third kappa shape index (κ3) is 4.84. The van der Waals surface area contributed by atoms with Gasteiger partial charge in [-0.2, -0.15) is 5.10 Å². The fourth-order valence-corrected chi connectivity index (χ4v) is 2.86. The number of benzene rings is 2. The van der Waals surface area contributed by atoms with Crippen molar-refractivity contribution >= 4 is 35.3 Å². The standard InChI is InChI=1S/C20H15Cl2N3O2/c21-16-7-3-5-14(11-16)13-25-10-4-8-17(20(25)27)19(26)24-23-12-15-6-1-2-9-18(15)22/h1-12H,13H2,(H,24,26)/b23-12-. The highest BCUT2D eigenvalue weighted by Crippen LogP contribution is 2.12. The molecule has 0 radical (unpaired) electrons. The number of amides is 1. The Kier molecular flexibility index (Phi) is 6.06. The first kappa shape index (κ1) is 18.9. The number of nitrogens with zero attached hydrogens (tertiary/aromatic N) is 2. The van der Waals surface area contributed by atoms with E-state index in [4.69, 9.17) is 23.2 Å². The maximum Gasteiger partial charge on any atom is 0.276 e. The van der Waals surface area contributed by atoms with Crippen LogP contribution in [-0.2, 0) is 6.54 Å². The normalized spacial score (nSPS) is 10.9. The maximum absolute atomic E-state index is 12.6. The van der Waals surface area contributed by atoms with Gasteiger partial charge in [0.1, 0.15) is 5.56 Å². The van der Waals surface area contributed by atoms with Crippen LogP contribution in [-0.4, -0.2) is 16.7 Å². The van der Waals surface area contributed by atoms with Crippen molar-refractivity contribution in [1.82, 2.24) is 9.99 Å². The summed E-state index contributed by atoms with van der Waals surface area (Å²) >= 11 is 12.0. The Balaban J connectivity index is 1.76. The fourth-order valence-electron chi connectivity index (χ4n) is 2.47. The van der Waals surface area contributed by atoms with E-state index in [2.05, 4.69) is 10.5 Å². The Bertz CT molecular complexity index is 1060. The van der Waals surface area contributed by atoms with Crippen LogP contribution < -0.4 is 11.0 Å². The van der Waals surface area contributed by atoms with E-state index in [0.29, 0.717) is 22.2 Å². The van der Waals surface area contributed by atoms with Gasteiger partial charge in [0.2, 0.25) is 0 Å². The van der Waals surface area contributed by atoms with Gasteiger partial charge in [-0.3, -0.25) is 9.59 Å². The van der Waals surface area contributed by atoms with Crippen LogP contribution in [0.5, 0.6) is 0 Å². The smallest absolute Gasteiger partial charge is 0.276 e. The Morgan fingerprint density at radius 3 is 2.67 bits per heavy atom. The molecule has 0 spiro atoms. The lowest BCUT2D eigenvalue weighted by atomic mass is 10.2. The zero-order chi connectivity index (χ0) is 19.2. The maximum atomic E-state index is 12.6. The van der Waals surface area contributed by atoms with E-state index < -0.39 is 11.5 Å². The molecule has 1 amide bonds. The first-order chi connectivity index (χ1) is 13.0. The third-order valence-electron chi connectivity index (χ3n) is 3.78. The van der Waals surface area contributed by atoms with Crippen LogP contribution in [0.15, 0.2) is 76.8 Å².